The van der Waals surface area contributed by atoms with Crippen molar-refractivity contribution in [1.82, 2.24) is 5.32 Å². The molecule has 3 aromatic carbocycles. The van der Waals surface area contributed by atoms with Crippen LogP contribution < -0.4 is 14.8 Å². The fourth-order valence-corrected chi connectivity index (χ4v) is 4.11. The average molecular weight is 509 g/mol. The molecule has 1 N–H and O–H groups in total. The molecule has 0 bridgehead atoms. The molecule has 0 aliphatic heterocycles. The zero-order valence-corrected chi connectivity index (χ0v) is 20.0. The summed E-state index contributed by atoms with van der Waals surface area (Å²) in [4.78, 5) is 0. The number of ether oxygens (including phenoxy) is 2. The van der Waals surface area contributed by atoms with Crippen molar-refractivity contribution in [1.29, 1.82) is 0 Å². The molecule has 0 unspecified atom stereocenters. The molecule has 0 heterocycles. The van der Waals surface area contributed by atoms with Gasteiger partial charge in [-0.15, -0.1) is 0 Å². The fourth-order valence-electron chi connectivity index (χ4n) is 3.05. The molecular weight excluding hydrogens is 485 g/mol. The molecule has 0 fully saturated rings. The molecule has 0 aliphatic carbocycles. The van der Waals surface area contributed by atoms with Gasteiger partial charge < -0.3 is 14.8 Å². The van der Waals surface area contributed by atoms with Crippen molar-refractivity contribution >= 4 is 39.1 Å². The Morgan fingerprint density at radius 3 is 2.47 bits per heavy atom. The molecule has 30 heavy (non-hydrogen) atoms. The fraction of sp³-hybridized carbons (Fsp3) is 0.250. The minimum atomic E-state index is 0.239. The van der Waals surface area contributed by atoms with E-state index in [2.05, 4.69) is 52.4 Å². The monoisotopic (exact) mass is 507 g/mol. The topological polar surface area (TPSA) is 30.5 Å². The quantitative estimate of drug-likeness (QED) is 0.323. The largest absolute Gasteiger partial charge is 0.490 e. The van der Waals surface area contributed by atoms with Crippen molar-refractivity contribution < 1.29 is 9.47 Å². The van der Waals surface area contributed by atoms with Crippen LogP contribution in [0.15, 0.2) is 65.1 Å². The Morgan fingerprint density at radius 2 is 1.77 bits per heavy atom. The Balaban J connectivity index is 1.73. The molecule has 0 aliphatic rings. The lowest BCUT2D eigenvalue weighted by molar-refractivity contribution is 0.267. The van der Waals surface area contributed by atoms with Crippen molar-refractivity contribution in [3.05, 3.63) is 91.9 Å². The van der Waals surface area contributed by atoms with Crippen LogP contribution in [-0.2, 0) is 13.2 Å². The molecule has 3 aromatic rings. The Kier molecular flexibility index (Phi) is 8.46. The average Bonchev–Trinajstić information content (AvgIpc) is 2.73. The molecule has 3 rings (SSSR count). The summed E-state index contributed by atoms with van der Waals surface area (Å²) in [6.07, 6.45) is 0. The highest BCUT2D eigenvalue weighted by Gasteiger charge is 2.14. The first-order valence-corrected chi connectivity index (χ1v) is 11.3. The van der Waals surface area contributed by atoms with Crippen molar-refractivity contribution in [2.45, 2.75) is 33.0 Å². The molecule has 0 spiro atoms. The lowest BCUT2D eigenvalue weighted by Gasteiger charge is -2.18. The number of nitrogens with one attached hydrogen (secondary N) is 1. The maximum Gasteiger partial charge on any atom is 0.175 e. The predicted molar refractivity (Wildman–Crippen MR) is 128 cm³/mol. The van der Waals surface area contributed by atoms with Gasteiger partial charge in [0, 0.05) is 28.2 Å². The highest BCUT2D eigenvalue weighted by Crippen LogP contribution is 2.38. The molecule has 0 amide bonds. The van der Waals surface area contributed by atoms with E-state index in [4.69, 9.17) is 32.7 Å². The summed E-state index contributed by atoms with van der Waals surface area (Å²) in [7, 11) is 0. The van der Waals surface area contributed by atoms with Gasteiger partial charge in [-0.25, -0.2) is 0 Å². The maximum absolute atomic E-state index is 6.27. The van der Waals surface area contributed by atoms with Gasteiger partial charge in [0.05, 0.1) is 11.1 Å². The Labute approximate surface area is 196 Å². The number of hydrogen-bond donors (Lipinski definition) is 1. The molecular formula is C24H24BrCl2NO2. The van der Waals surface area contributed by atoms with Crippen molar-refractivity contribution in [3.8, 4) is 11.5 Å². The molecule has 158 valence electrons. The summed E-state index contributed by atoms with van der Waals surface area (Å²) < 4.78 is 12.7. The van der Waals surface area contributed by atoms with Crippen molar-refractivity contribution in [2.75, 3.05) is 6.61 Å². The molecule has 0 saturated heterocycles. The van der Waals surface area contributed by atoms with Crippen molar-refractivity contribution in [2.24, 2.45) is 0 Å². The minimum Gasteiger partial charge on any atom is -0.490 e. The van der Waals surface area contributed by atoms with Crippen molar-refractivity contribution in [3.63, 3.8) is 0 Å². The maximum atomic E-state index is 6.27. The van der Waals surface area contributed by atoms with Crippen LogP contribution in [0.4, 0.5) is 0 Å². The van der Waals surface area contributed by atoms with Gasteiger partial charge in [0.25, 0.3) is 0 Å². The number of halogens is 3. The van der Waals surface area contributed by atoms with Gasteiger partial charge in [-0.05, 0) is 65.2 Å². The summed E-state index contributed by atoms with van der Waals surface area (Å²) in [6, 6.07) is 20.0. The molecule has 1 atom stereocenters. The predicted octanol–water partition coefficient (Wildman–Crippen LogP) is 7.58. The van der Waals surface area contributed by atoms with E-state index in [1.54, 1.807) is 12.1 Å². The standard InChI is InChI=1S/C24H24BrCl2NO2/c1-3-29-23-12-17(14-28-16(2)18-7-5-4-6-8-18)11-21(25)24(23)30-15-19-9-10-20(26)13-22(19)27/h4-13,16,28H,3,14-15H2,1-2H3/t16-/m0/s1. The second-order valence-corrected chi connectivity index (χ2v) is 8.57. The summed E-state index contributed by atoms with van der Waals surface area (Å²) in [5.74, 6) is 1.35. The van der Waals surface area contributed by atoms with Crippen LogP contribution in [0, 0.1) is 0 Å². The second-order valence-electron chi connectivity index (χ2n) is 6.88. The summed E-state index contributed by atoms with van der Waals surface area (Å²) in [6.45, 7) is 5.68. The van der Waals surface area contributed by atoms with Crippen LogP contribution in [0.25, 0.3) is 0 Å². The lowest BCUT2D eigenvalue weighted by atomic mass is 10.1. The zero-order valence-electron chi connectivity index (χ0n) is 16.9. The van der Waals surface area contributed by atoms with E-state index < -0.39 is 0 Å². The Morgan fingerprint density at radius 1 is 1.00 bits per heavy atom. The first kappa shape index (κ1) is 23.0. The van der Waals surface area contributed by atoms with E-state index in [-0.39, 0.29) is 6.04 Å². The third kappa shape index (κ3) is 6.14. The SMILES string of the molecule is CCOc1cc(CN[C@@H](C)c2ccccc2)cc(Br)c1OCc1ccc(Cl)cc1Cl. The number of rotatable bonds is 9. The number of hydrogen-bond acceptors (Lipinski definition) is 3. The minimum absolute atomic E-state index is 0.239. The highest BCUT2D eigenvalue weighted by molar-refractivity contribution is 9.10. The van der Waals surface area contributed by atoms with Gasteiger partial charge in [-0.3, -0.25) is 0 Å². The first-order chi connectivity index (χ1) is 14.5. The lowest BCUT2D eigenvalue weighted by Crippen LogP contribution is -2.18. The molecule has 6 heteroatoms. The first-order valence-electron chi connectivity index (χ1n) is 9.78. The Hall–Kier alpha value is -1.72. The van der Waals surface area contributed by atoms with Crippen LogP contribution in [-0.4, -0.2) is 6.61 Å². The summed E-state index contributed by atoms with van der Waals surface area (Å²) >= 11 is 15.9. The van der Waals surface area contributed by atoms with Gasteiger partial charge in [-0.1, -0.05) is 59.6 Å². The van der Waals surface area contributed by atoms with Crippen LogP contribution in [0.5, 0.6) is 11.5 Å². The van der Waals surface area contributed by atoms with E-state index in [0.29, 0.717) is 41.3 Å². The molecule has 0 radical (unpaired) electrons. The number of benzene rings is 3. The van der Waals surface area contributed by atoms with Crippen LogP contribution in [0.3, 0.4) is 0 Å². The molecule has 0 saturated carbocycles. The molecule has 3 nitrogen and oxygen atoms in total. The molecule has 0 aromatic heterocycles. The van der Waals surface area contributed by atoms with Crippen LogP contribution >= 0.6 is 39.1 Å². The van der Waals surface area contributed by atoms with Gasteiger partial charge >= 0.3 is 0 Å². The van der Waals surface area contributed by atoms with E-state index in [1.807, 2.05) is 31.2 Å². The van der Waals surface area contributed by atoms with E-state index in [1.165, 1.54) is 5.56 Å². The third-order valence-corrected chi connectivity index (χ3v) is 5.84. The summed E-state index contributed by atoms with van der Waals surface area (Å²) in [5.41, 5.74) is 3.21. The van der Waals surface area contributed by atoms with E-state index in [0.717, 1.165) is 15.6 Å². The highest BCUT2D eigenvalue weighted by atomic mass is 79.9. The second kappa shape index (κ2) is 11.1. The van der Waals surface area contributed by atoms with Gasteiger partial charge in [-0.2, -0.15) is 0 Å². The normalized spacial score (nSPS) is 11.9. The summed E-state index contributed by atoms with van der Waals surface area (Å²) in [5, 5.41) is 4.73. The van der Waals surface area contributed by atoms with Gasteiger partial charge in [0.1, 0.15) is 6.61 Å². The van der Waals surface area contributed by atoms with E-state index >= 15 is 0 Å². The smallest absolute Gasteiger partial charge is 0.175 e. The zero-order chi connectivity index (χ0) is 21.5. The van der Waals surface area contributed by atoms with Crippen LogP contribution in [0.1, 0.15) is 36.6 Å². The van der Waals surface area contributed by atoms with Gasteiger partial charge in [0.15, 0.2) is 11.5 Å². The van der Waals surface area contributed by atoms with Crippen LogP contribution in [0.2, 0.25) is 10.0 Å². The van der Waals surface area contributed by atoms with Gasteiger partial charge in [0.2, 0.25) is 0 Å². The van der Waals surface area contributed by atoms with E-state index in [9.17, 15) is 0 Å². The Bertz CT molecular complexity index is 982. The third-order valence-electron chi connectivity index (χ3n) is 4.67.